The molecular formula is C9H9N5O2. The average Bonchev–Trinajstić information content (AvgIpc) is 2.64. The van der Waals surface area contributed by atoms with Gasteiger partial charge in [-0.15, -0.1) is 0 Å². The van der Waals surface area contributed by atoms with E-state index in [0.717, 1.165) is 0 Å². The van der Waals surface area contributed by atoms with E-state index in [1.54, 1.807) is 24.0 Å². The second-order valence-corrected chi connectivity index (χ2v) is 3.09. The van der Waals surface area contributed by atoms with Crippen molar-refractivity contribution in [3.05, 3.63) is 30.5 Å². The van der Waals surface area contributed by atoms with E-state index in [4.69, 9.17) is 5.11 Å². The molecule has 0 bridgehead atoms. The maximum atomic E-state index is 10.9. The van der Waals surface area contributed by atoms with Crippen LogP contribution in [0.15, 0.2) is 24.8 Å². The molecule has 0 fully saturated rings. The first-order valence-electron chi connectivity index (χ1n) is 4.47. The van der Waals surface area contributed by atoms with Gasteiger partial charge in [0.15, 0.2) is 11.5 Å². The Kier molecular flexibility index (Phi) is 2.50. The maximum Gasteiger partial charge on any atom is 0.356 e. The van der Waals surface area contributed by atoms with Crippen molar-refractivity contribution in [3.63, 3.8) is 0 Å². The van der Waals surface area contributed by atoms with Crippen molar-refractivity contribution in [2.24, 2.45) is 7.05 Å². The lowest BCUT2D eigenvalue weighted by Crippen LogP contribution is -2.06. The number of hydrogen-bond donors (Lipinski definition) is 2. The van der Waals surface area contributed by atoms with Gasteiger partial charge in [-0.2, -0.15) is 5.10 Å². The molecule has 0 aromatic carbocycles. The number of aryl methyl sites for hydroxylation is 1. The van der Waals surface area contributed by atoms with Crippen LogP contribution in [0.1, 0.15) is 10.5 Å². The summed E-state index contributed by atoms with van der Waals surface area (Å²) in [5.41, 5.74) is 0.231. The van der Waals surface area contributed by atoms with Crippen molar-refractivity contribution >= 4 is 17.5 Å². The molecule has 2 heterocycles. The zero-order valence-electron chi connectivity index (χ0n) is 8.45. The number of carboxylic acids is 1. The Labute approximate surface area is 90.8 Å². The predicted octanol–water partition coefficient (Wildman–Crippen LogP) is 0.652. The number of nitrogens with one attached hydrogen (secondary N) is 1. The van der Waals surface area contributed by atoms with E-state index in [0.29, 0.717) is 11.5 Å². The molecule has 0 unspecified atom stereocenters. The molecule has 2 rings (SSSR count). The molecule has 0 spiro atoms. The van der Waals surface area contributed by atoms with Crippen LogP contribution in [0, 0.1) is 0 Å². The first-order chi connectivity index (χ1) is 7.66. The van der Waals surface area contributed by atoms with Crippen molar-refractivity contribution in [3.8, 4) is 0 Å². The van der Waals surface area contributed by atoms with Crippen molar-refractivity contribution in [2.45, 2.75) is 0 Å². The summed E-state index contributed by atoms with van der Waals surface area (Å²) in [6.07, 6.45) is 4.32. The van der Waals surface area contributed by atoms with Gasteiger partial charge in [-0.1, -0.05) is 0 Å². The summed E-state index contributed by atoms with van der Waals surface area (Å²) in [5, 5.41) is 15.8. The topological polar surface area (TPSA) is 92.9 Å². The fourth-order valence-electron chi connectivity index (χ4n) is 1.21. The van der Waals surface area contributed by atoms with Gasteiger partial charge >= 0.3 is 5.97 Å². The summed E-state index contributed by atoms with van der Waals surface area (Å²) in [4.78, 5) is 18.3. The van der Waals surface area contributed by atoms with E-state index in [2.05, 4.69) is 20.4 Å². The summed E-state index contributed by atoms with van der Waals surface area (Å²) in [6, 6.07) is 1.72. The quantitative estimate of drug-likeness (QED) is 0.787. The van der Waals surface area contributed by atoms with Crippen molar-refractivity contribution < 1.29 is 9.90 Å². The van der Waals surface area contributed by atoms with Crippen LogP contribution < -0.4 is 5.32 Å². The molecule has 0 aliphatic heterocycles. The smallest absolute Gasteiger partial charge is 0.356 e. The van der Waals surface area contributed by atoms with E-state index in [1.165, 1.54) is 12.5 Å². The van der Waals surface area contributed by atoms with Crippen molar-refractivity contribution in [1.82, 2.24) is 19.7 Å². The number of carbonyl (C=O) groups is 1. The molecule has 16 heavy (non-hydrogen) atoms. The molecule has 0 radical (unpaired) electrons. The fourth-order valence-corrected chi connectivity index (χ4v) is 1.21. The third-order valence-electron chi connectivity index (χ3n) is 1.89. The van der Waals surface area contributed by atoms with E-state index >= 15 is 0 Å². The average molecular weight is 219 g/mol. The molecule has 0 aliphatic rings. The van der Waals surface area contributed by atoms with Crippen LogP contribution in [-0.4, -0.2) is 30.8 Å². The zero-order chi connectivity index (χ0) is 11.5. The Morgan fingerprint density at radius 3 is 3.00 bits per heavy atom. The fraction of sp³-hybridized carbons (Fsp3) is 0.111. The summed E-state index contributed by atoms with van der Waals surface area (Å²) in [6.45, 7) is 0. The lowest BCUT2D eigenvalue weighted by molar-refractivity contribution is 0.0691. The minimum atomic E-state index is -1.11. The van der Waals surface area contributed by atoms with Gasteiger partial charge in [-0.05, 0) is 0 Å². The second-order valence-electron chi connectivity index (χ2n) is 3.09. The highest BCUT2D eigenvalue weighted by Crippen LogP contribution is 2.16. The van der Waals surface area contributed by atoms with Gasteiger partial charge in [0.25, 0.3) is 0 Å². The molecule has 2 N–H and O–H groups in total. The molecule has 0 amide bonds. The third kappa shape index (κ3) is 1.97. The van der Waals surface area contributed by atoms with Gasteiger partial charge in [0.2, 0.25) is 0 Å². The van der Waals surface area contributed by atoms with E-state index in [1.807, 2.05) is 0 Å². The van der Waals surface area contributed by atoms with E-state index in [9.17, 15) is 4.79 Å². The number of nitrogens with zero attached hydrogens (tertiary/aromatic N) is 4. The molecule has 7 nitrogen and oxygen atoms in total. The summed E-state index contributed by atoms with van der Waals surface area (Å²) >= 11 is 0. The minimum absolute atomic E-state index is 0.0827. The number of carboxylic acid groups (broad SMARTS) is 1. The number of hydrogen-bond acceptors (Lipinski definition) is 5. The van der Waals surface area contributed by atoms with Gasteiger partial charge in [-0.25, -0.2) is 14.8 Å². The van der Waals surface area contributed by atoms with E-state index in [-0.39, 0.29) is 5.69 Å². The highest BCUT2D eigenvalue weighted by atomic mass is 16.4. The van der Waals surface area contributed by atoms with E-state index < -0.39 is 5.97 Å². The Balaban J connectivity index is 2.31. The second kappa shape index (κ2) is 3.97. The largest absolute Gasteiger partial charge is 0.476 e. The molecule has 0 atom stereocenters. The monoisotopic (exact) mass is 219 g/mol. The van der Waals surface area contributed by atoms with Crippen LogP contribution in [0.5, 0.6) is 0 Å². The van der Waals surface area contributed by atoms with Gasteiger partial charge in [0, 0.05) is 19.3 Å². The first-order valence-corrected chi connectivity index (χ1v) is 4.47. The Morgan fingerprint density at radius 1 is 1.56 bits per heavy atom. The number of rotatable bonds is 3. The van der Waals surface area contributed by atoms with Gasteiger partial charge in [0.1, 0.15) is 6.33 Å². The van der Waals surface area contributed by atoms with Crippen LogP contribution >= 0.6 is 0 Å². The van der Waals surface area contributed by atoms with Gasteiger partial charge < -0.3 is 10.4 Å². The summed E-state index contributed by atoms with van der Waals surface area (Å²) in [7, 11) is 1.77. The van der Waals surface area contributed by atoms with Gasteiger partial charge in [0.05, 0.1) is 11.9 Å². The zero-order valence-corrected chi connectivity index (χ0v) is 8.45. The van der Waals surface area contributed by atoms with Crippen LogP contribution in [-0.2, 0) is 7.05 Å². The number of aromatic nitrogens is 4. The molecular weight excluding hydrogens is 210 g/mol. The lowest BCUT2D eigenvalue weighted by atomic mass is 10.3. The summed E-state index contributed by atoms with van der Waals surface area (Å²) < 4.78 is 1.60. The van der Waals surface area contributed by atoms with Crippen LogP contribution in [0.25, 0.3) is 0 Å². The molecule has 2 aromatic heterocycles. The van der Waals surface area contributed by atoms with Crippen LogP contribution in [0.3, 0.4) is 0 Å². The summed E-state index contributed by atoms with van der Waals surface area (Å²) in [5.74, 6) is -0.569. The normalized spacial score (nSPS) is 10.1. The van der Waals surface area contributed by atoms with Crippen LogP contribution in [0.4, 0.5) is 11.5 Å². The molecule has 0 saturated carbocycles. The predicted molar refractivity (Wildman–Crippen MR) is 55.5 cm³/mol. The Morgan fingerprint density at radius 2 is 2.38 bits per heavy atom. The number of aromatic carboxylic acids is 1. The lowest BCUT2D eigenvalue weighted by Gasteiger charge is -2.04. The minimum Gasteiger partial charge on any atom is -0.476 e. The maximum absolute atomic E-state index is 10.9. The number of anilines is 2. The SMILES string of the molecule is Cn1ccc(Nc2cncnc2C(=O)O)n1. The Hall–Kier alpha value is -2.44. The van der Waals surface area contributed by atoms with Gasteiger partial charge in [-0.3, -0.25) is 4.68 Å². The molecule has 0 aliphatic carbocycles. The molecule has 2 aromatic rings. The van der Waals surface area contributed by atoms with Crippen molar-refractivity contribution in [1.29, 1.82) is 0 Å². The molecule has 82 valence electrons. The first kappa shape index (κ1) is 10.1. The highest BCUT2D eigenvalue weighted by Gasteiger charge is 2.12. The highest BCUT2D eigenvalue weighted by molar-refractivity contribution is 5.92. The molecule has 0 saturated heterocycles. The third-order valence-corrected chi connectivity index (χ3v) is 1.89. The van der Waals surface area contributed by atoms with Crippen LogP contribution in [0.2, 0.25) is 0 Å². The molecule has 7 heteroatoms. The Bertz CT molecular complexity index is 522. The standard InChI is InChI=1S/C9H9N5O2/c1-14-3-2-7(13-14)12-6-4-10-5-11-8(6)9(15)16/h2-5H,1H3,(H,12,13)(H,15,16). The van der Waals surface area contributed by atoms with Crippen molar-refractivity contribution in [2.75, 3.05) is 5.32 Å².